The second-order valence-electron chi connectivity index (χ2n) is 5.48. The maximum Gasteiger partial charge on any atom is 0.127 e. The van der Waals surface area contributed by atoms with Crippen LogP contribution in [0, 0.1) is 0 Å². The first-order valence-corrected chi connectivity index (χ1v) is 7.95. The Kier molecular flexibility index (Phi) is 6.19. The molecule has 0 atom stereocenters. The Labute approximate surface area is 122 Å². The van der Waals surface area contributed by atoms with Crippen LogP contribution < -0.4 is 14.8 Å². The minimum Gasteiger partial charge on any atom is -0.493 e. The van der Waals surface area contributed by atoms with Gasteiger partial charge in [0.15, 0.2) is 0 Å². The minimum absolute atomic E-state index is 0.717. The molecule has 1 aromatic carbocycles. The van der Waals surface area contributed by atoms with Crippen LogP contribution in [0.2, 0.25) is 0 Å². The van der Waals surface area contributed by atoms with Gasteiger partial charge in [0.1, 0.15) is 11.5 Å². The van der Waals surface area contributed by atoms with E-state index in [-0.39, 0.29) is 0 Å². The zero-order valence-electron chi connectivity index (χ0n) is 12.8. The first-order chi connectivity index (χ1) is 9.83. The summed E-state index contributed by atoms with van der Waals surface area (Å²) in [7, 11) is 0. The number of hydrogen-bond acceptors (Lipinski definition) is 3. The SMILES string of the molecule is CCCCOc1cc(OCCC)ccc1CNC1CC1. The van der Waals surface area contributed by atoms with E-state index in [1.165, 1.54) is 18.4 Å². The summed E-state index contributed by atoms with van der Waals surface area (Å²) in [5, 5.41) is 3.55. The molecular formula is C17H27NO2. The largest absolute Gasteiger partial charge is 0.493 e. The highest BCUT2D eigenvalue weighted by atomic mass is 16.5. The fourth-order valence-electron chi connectivity index (χ4n) is 1.99. The summed E-state index contributed by atoms with van der Waals surface area (Å²) >= 11 is 0. The van der Waals surface area contributed by atoms with Crippen molar-refractivity contribution in [3.8, 4) is 11.5 Å². The number of hydrogen-bond donors (Lipinski definition) is 1. The number of benzene rings is 1. The Morgan fingerprint density at radius 2 is 1.95 bits per heavy atom. The number of unbranched alkanes of at least 4 members (excludes halogenated alkanes) is 1. The molecule has 0 aromatic heterocycles. The summed E-state index contributed by atoms with van der Waals surface area (Å²) in [6, 6.07) is 6.93. The Bertz CT molecular complexity index is 402. The lowest BCUT2D eigenvalue weighted by molar-refractivity contribution is 0.294. The van der Waals surface area contributed by atoms with Crippen LogP contribution in [0.25, 0.3) is 0 Å². The fraction of sp³-hybridized carbons (Fsp3) is 0.647. The van der Waals surface area contributed by atoms with Crippen molar-refractivity contribution in [2.24, 2.45) is 0 Å². The first-order valence-electron chi connectivity index (χ1n) is 7.95. The Morgan fingerprint density at radius 1 is 1.10 bits per heavy atom. The van der Waals surface area contributed by atoms with Gasteiger partial charge in [-0.1, -0.05) is 26.3 Å². The molecule has 1 fully saturated rings. The van der Waals surface area contributed by atoms with Gasteiger partial charge in [-0.15, -0.1) is 0 Å². The Hall–Kier alpha value is -1.22. The maximum absolute atomic E-state index is 5.93. The monoisotopic (exact) mass is 277 g/mol. The molecule has 0 heterocycles. The van der Waals surface area contributed by atoms with E-state index in [0.29, 0.717) is 0 Å². The number of nitrogens with one attached hydrogen (secondary N) is 1. The second kappa shape index (κ2) is 8.15. The van der Waals surface area contributed by atoms with Crippen molar-refractivity contribution in [1.29, 1.82) is 0 Å². The predicted octanol–water partition coefficient (Wildman–Crippen LogP) is 3.91. The molecule has 1 N–H and O–H groups in total. The van der Waals surface area contributed by atoms with E-state index in [2.05, 4.69) is 25.2 Å². The van der Waals surface area contributed by atoms with Gasteiger partial charge in [0.25, 0.3) is 0 Å². The van der Waals surface area contributed by atoms with E-state index in [1.54, 1.807) is 0 Å². The lowest BCUT2D eigenvalue weighted by atomic mass is 10.2. The van der Waals surface area contributed by atoms with E-state index in [9.17, 15) is 0 Å². The second-order valence-corrected chi connectivity index (χ2v) is 5.48. The molecule has 0 unspecified atom stereocenters. The van der Waals surface area contributed by atoms with Crippen molar-refractivity contribution in [2.75, 3.05) is 13.2 Å². The van der Waals surface area contributed by atoms with Gasteiger partial charge in [-0.3, -0.25) is 0 Å². The molecule has 1 saturated carbocycles. The molecule has 1 aliphatic carbocycles. The van der Waals surface area contributed by atoms with Crippen molar-refractivity contribution in [1.82, 2.24) is 5.32 Å². The van der Waals surface area contributed by atoms with Crippen LogP contribution in [0.3, 0.4) is 0 Å². The summed E-state index contributed by atoms with van der Waals surface area (Å²) in [5.74, 6) is 1.88. The fourth-order valence-corrected chi connectivity index (χ4v) is 1.99. The molecule has 0 amide bonds. The maximum atomic E-state index is 5.93. The summed E-state index contributed by atoms with van der Waals surface area (Å²) < 4.78 is 11.6. The normalized spacial score (nSPS) is 14.3. The van der Waals surface area contributed by atoms with Gasteiger partial charge >= 0.3 is 0 Å². The van der Waals surface area contributed by atoms with Crippen molar-refractivity contribution in [3.05, 3.63) is 23.8 Å². The standard InChI is InChI=1S/C17H27NO2/c1-3-5-11-20-17-12-16(19-10-4-2)9-6-14(17)13-18-15-7-8-15/h6,9,12,15,18H,3-5,7-8,10-11,13H2,1-2H3. The molecular weight excluding hydrogens is 250 g/mol. The molecule has 1 aromatic rings. The van der Waals surface area contributed by atoms with E-state index >= 15 is 0 Å². The summed E-state index contributed by atoms with van der Waals surface area (Å²) in [5.41, 5.74) is 1.23. The van der Waals surface area contributed by atoms with Gasteiger partial charge in [-0.2, -0.15) is 0 Å². The van der Waals surface area contributed by atoms with Crippen LogP contribution >= 0.6 is 0 Å². The Balaban J connectivity index is 1.98. The van der Waals surface area contributed by atoms with Crippen LogP contribution in [-0.2, 0) is 6.54 Å². The van der Waals surface area contributed by atoms with Crippen LogP contribution in [-0.4, -0.2) is 19.3 Å². The predicted molar refractivity (Wildman–Crippen MR) is 82.5 cm³/mol. The van der Waals surface area contributed by atoms with Crippen LogP contribution in [0.4, 0.5) is 0 Å². The van der Waals surface area contributed by atoms with Gasteiger partial charge < -0.3 is 14.8 Å². The third-order valence-corrected chi connectivity index (χ3v) is 3.43. The quantitative estimate of drug-likeness (QED) is 0.658. The van der Waals surface area contributed by atoms with Gasteiger partial charge in [0.05, 0.1) is 13.2 Å². The van der Waals surface area contributed by atoms with Gasteiger partial charge in [0, 0.05) is 24.2 Å². The molecule has 0 saturated heterocycles. The molecule has 0 spiro atoms. The van der Waals surface area contributed by atoms with Crippen LogP contribution in [0.15, 0.2) is 18.2 Å². The first kappa shape index (κ1) is 15.2. The molecule has 20 heavy (non-hydrogen) atoms. The topological polar surface area (TPSA) is 30.5 Å². The molecule has 0 aliphatic heterocycles. The molecule has 0 bridgehead atoms. The smallest absolute Gasteiger partial charge is 0.127 e. The zero-order chi connectivity index (χ0) is 14.2. The average Bonchev–Trinajstić information content (AvgIpc) is 3.28. The lowest BCUT2D eigenvalue weighted by Gasteiger charge is -2.14. The molecule has 3 heteroatoms. The Morgan fingerprint density at radius 3 is 2.65 bits per heavy atom. The van der Waals surface area contributed by atoms with Crippen LogP contribution in [0.5, 0.6) is 11.5 Å². The van der Waals surface area contributed by atoms with Crippen molar-refractivity contribution < 1.29 is 9.47 Å². The molecule has 0 radical (unpaired) electrons. The zero-order valence-corrected chi connectivity index (χ0v) is 12.8. The van der Waals surface area contributed by atoms with Crippen molar-refractivity contribution in [3.63, 3.8) is 0 Å². The third kappa shape index (κ3) is 5.04. The highest BCUT2D eigenvalue weighted by Gasteiger charge is 2.20. The summed E-state index contributed by atoms with van der Waals surface area (Å²) in [6.07, 6.45) is 5.89. The van der Waals surface area contributed by atoms with Gasteiger partial charge in [-0.25, -0.2) is 0 Å². The highest BCUT2D eigenvalue weighted by Crippen LogP contribution is 2.27. The van der Waals surface area contributed by atoms with E-state index < -0.39 is 0 Å². The van der Waals surface area contributed by atoms with Crippen LogP contribution in [0.1, 0.15) is 51.5 Å². The number of rotatable bonds is 10. The van der Waals surface area contributed by atoms with Crippen molar-refractivity contribution in [2.45, 2.75) is 58.5 Å². The minimum atomic E-state index is 0.717. The average molecular weight is 277 g/mol. The molecule has 2 rings (SSSR count). The summed E-state index contributed by atoms with van der Waals surface area (Å²) in [4.78, 5) is 0. The van der Waals surface area contributed by atoms with E-state index in [4.69, 9.17) is 9.47 Å². The summed E-state index contributed by atoms with van der Waals surface area (Å²) in [6.45, 7) is 6.73. The van der Waals surface area contributed by atoms with Gasteiger partial charge in [0.2, 0.25) is 0 Å². The van der Waals surface area contributed by atoms with Crippen molar-refractivity contribution >= 4 is 0 Å². The number of ether oxygens (including phenoxy) is 2. The molecule has 112 valence electrons. The van der Waals surface area contributed by atoms with E-state index in [1.807, 2.05) is 12.1 Å². The lowest BCUT2D eigenvalue weighted by Crippen LogP contribution is -2.16. The highest BCUT2D eigenvalue weighted by molar-refractivity contribution is 5.40. The van der Waals surface area contributed by atoms with Gasteiger partial charge in [-0.05, 0) is 31.7 Å². The third-order valence-electron chi connectivity index (χ3n) is 3.43. The molecule has 3 nitrogen and oxygen atoms in total. The van der Waals surface area contributed by atoms with E-state index in [0.717, 1.165) is 56.6 Å². The molecule has 1 aliphatic rings.